The molecule has 0 unspecified atom stereocenters. The maximum atomic E-state index is 14.8. The summed E-state index contributed by atoms with van der Waals surface area (Å²) in [5.74, 6) is 0.303. The first-order valence-electron chi connectivity index (χ1n) is 11.7. The molecule has 3 heterocycles. The largest absolute Gasteiger partial charge is 0.436 e. The molecule has 1 aromatic heterocycles. The highest BCUT2D eigenvalue weighted by Gasteiger charge is 2.50. The molecular formula is C25H30FN3O3. The van der Waals surface area contributed by atoms with Crippen LogP contribution in [0.3, 0.4) is 0 Å². The van der Waals surface area contributed by atoms with Crippen LogP contribution in [0.5, 0.6) is 11.6 Å². The Bertz CT molecular complexity index is 964. The highest BCUT2D eigenvalue weighted by molar-refractivity contribution is 5.86. The van der Waals surface area contributed by atoms with E-state index in [9.17, 15) is 14.3 Å². The highest BCUT2D eigenvalue weighted by atomic mass is 19.1. The van der Waals surface area contributed by atoms with Crippen LogP contribution in [-0.2, 0) is 4.79 Å². The number of nitrogens with zero attached hydrogens (tertiary/aromatic N) is 3. The van der Waals surface area contributed by atoms with Gasteiger partial charge in [0.05, 0.1) is 11.5 Å². The van der Waals surface area contributed by atoms with E-state index in [-0.39, 0.29) is 29.2 Å². The second-order valence-electron chi connectivity index (χ2n) is 9.40. The average Bonchev–Trinajstić information content (AvgIpc) is 3.12. The number of benzene rings is 1. The average molecular weight is 440 g/mol. The molecule has 1 aliphatic carbocycles. The van der Waals surface area contributed by atoms with Crippen LogP contribution >= 0.6 is 0 Å². The lowest BCUT2D eigenvalue weighted by Gasteiger charge is -2.41. The van der Waals surface area contributed by atoms with E-state index in [4.69, 9.17) is 4.74 Å². The molecule has 7 heteroatoms. The van der Waals surface area contributed by atoms with Gasteiger partial charge in [-0.1, -0.05) is 6.07 Å². The number of likely N-dealkylation sites (tertiary alicyclic amines) is 1. The predicted molar refractivity (Wildman–Crippen MR) is 119 cm³/mol. The van der Waals surface area contributed by atoms with Gasteiger partial charge in [0.2, 0.25) is 11.8 Å². The van der Waals surface area contributed by atoms with Gasteiger partial charge in [0.1, 0.15) is 0 Å². The molecule has 6 nitrogen and oxygen atoms in total. The molecule has 1 aromatic carbocycles. The van der Waals surface area contributed by atoms with E-state index in [0.717, 1.165) is 63.7 Å². The van der Waals surface area contributed by atoms with E-state index in [0.29, 0.717) is 12.4 Å². The summed E-state index contributed by atoms with van der Waals surface area (Å²) in [4.78, 5) is 21.8. The Morgan fingerprint density at radius 3 is 2.69 bits per heavy atom. The number of carbonyl (C=O) groups excluding carboxylic acids is 1. The van der Waals surface area contributed by atoms with E-state index in [1.165, 1.54) is 6.07 Å². The Balaban J connectivity index is 1.29. The van der Waals surface area contributed by atoms with Crippen molar-refractivity contribution in [1.82, 2.24) is 9.88 Å². The first-order chi connectivity index (χ1) is 15.5. The smallest absolute Gasteiger partial charge is 0.230 e. The number of carbonyl (C=O) groups is 1. The maximum Gasteiger partial charge on any atom is 0.230 e. The van der Waals surface area contributed by atoms with Gasteiger partial charge in [-0.05, 0) is 63.1 Å². The van der Waals surface area contributed by atoms with Crippen LogP contribution < -0.4 is 9.64 Å². The molecule has 5 rings (SSSR count). The van der Waals surface area contributed by atoms with Crippen molar-refractivity contribution < 1.29 is 19.0 Å². The van der Waals surface area contributed by atoms with Crippen molar-refractivity contribution in [2.75, 3.05) is 24.5 Å². The molecule has 3 aliphatic rings. The van der Waals surface area contributed by atoms with Crippen LogP contribution in [0.15, 0.2) is 42.6 Å². The number of halogens is 1. The van der Waals surface area contributed by atoms with Gasteiger partial charge < -0.3 is 19.6 Å². The van der Waals surface area contributed by atoms with E-state index in [1.54, 1.807) is 30.5 Å². The summed E-state index contributed by atoms with van der Waals surface area (Å²) in [6, 6.07) is 10.5. The zero-order valence-corrected chi connectivity index (χ0v) is 18.3. The quantitative estimate of drug-likeness (QED) is 0.776. The van der Waals surface area contributed by atoms with Gasteiger partial charge in [0.15, 0.2) is 11.6 Å². The molecule has 1 atom stereocenters. The normalized spacial score (nSPS) is 28.4. The fraction of sp³-hybridized carbons (Fsp3) is 0.520. The minimum atomic E-state index is -0.437. The molecule has 2 aromatic rings. The molecule has 1 spiro atoms. The Labute approximate surface area is 188 Å². The Kier molecular flexibility index (Phi) is 5.76. The molecule has 1 saturated carbocycles. The lowest BCUT2D eigenvalue weighted by Crippen LogP contribution is -2.50. The van der Waals surface area contributed by atoms with Gasteiger partial charge in [-0.3, -0.25) is 4.79 Å². The first kappa shape index (κ1) is 21.2. The van der Waals surface area contributed by atoms with Crippen LogP contribution in [0, 0.1) is 11.2 Å². The van der Waals surface area contributed by atoms with Crippen LogP contribution in [0.25, 0.3) is 0 Å². The van der Waals surface area contributed by atoms with E-state index in [1.807, 2.05) is 6.07 Å². The number of hydrogen-bond acceptors (Lipinski definition) is 5. The number of rotatable bonds is 4. The van der Waals surface area contributed by atoms with Crippen molar-refractivity contribution in [2.24, 2.45) is 5.41 Å². The highest BCUT2D eigenvalue weighted by Crippen LogP contribution is 2.43. The lowest BCUT2D eigenvalue weighted by molar-refractivity contribution is -0.139. The summed E-state index contributed by atoms with van der Waals surface area (Å²) in [6.45, 7) is 2.22. The summed E-state index contributed by atoms with van der Waals surface area (Å²) in [5, 5.41) is 9.81. The Morgan fingerprint density at radius 1 is 1.09 bits per heavy atom. The zero-order chi connectivity index (χ0) is 22.1. The number of aliphatic hydroxyl groups excluding tert-OH is 1. The first-order valence-corrected chi connectivity index (χ1v) is 11.7. The molecule has 0 bridgehead atoms. The van der Waals surface area contributed by atoms with Crippen molar-refractivity contribution in [1.29, 1.82) is 0 Å². The maximum absolute atomic E-state index is 14.8. The minimum absolute atomic E-state index is 0.141. The van der Waals surface area contributed by atoms with Crippen LogP contribution in [0.1, 0.15) is 44.9 Å². The summed E-state index contributed by atoms with van der Waals surface area (Å²) < 4.78 is 20.4. The molecule has 0 radical (unpaired) electrons. The van der Waals surface area contributed by atoms with Crippen LogP contribution in [-0.4, -0.2) is 52.7 Å². The third-order valence-corrected chi connectivity index (χ3v) is 7.36. The van der Waals surface area contributed by atoms with Gasteiger partial charge in [0, 0.05) is 49.7 Å². The van der Waals surface area contributed by atoms with Gasteiger partial charge in [-0.2, -0.15) is 0 Å². The number of piperidine rings is 1. The molecule has 1 amide bonds. The number of anilines is 1. The Morgan fingerprint density at radius 2 is 1.94 bits per heavy atom. The predicted octanol–water partition coefficient (Wildman–Crippen LogP) is 4.14. The summed E-state index contributed by atoms with van der Waals surface area (Å²) in [5.41, 5.74) is 0.399. The number of aliphatic hydroxyl groups is 1. The van der Waals surface area contributed by atoms with Crippen molar-refractivity contribution in [3.05, 3.63) is 48.4 Å². The van der Waals surface area contributed by atoms with Crippen molar-refractivity contribution in [2.45, 2.75) is 57.1 Å². The second kappa shape index (κ2) is 8.70. The standard InChI is InChI=1S/C25H30FN3O3/c26-21-16-19(7-10-22(21)32-23-4-1-2-13-27-23)28-14-3-11-25(17-28)12-15-29(24(25)31)18-5-8-20(30)9-6-18/h1-2,4,7,10,13,16,18,20,30H,3,5-6,8-9,11-12,14-15,17H2/t18-,20-,25-/m0/s1. The number of aromatic nitrogens is 1. The van der Waals surface area contributed by atoms with Crippen molar-refractivity contribution in [3.63, 3.8) is 0 Å². The van der Waals surface area contributed by atoms with Crippen LogP contribution in [0.2, 0.25) is 0 Å². The number of amides is 1. The van der Waals surface area contributed by atoms with Gasteiger partial charge in [0.25, 0.3) is 0 Å². The zero-order valence-electron chi connectivity index (χ0n) is 18.3. The summed E-state index contributed by atoms with van der Waals surface area (Å²) >= 11 is 0. The van der Waals surface area contributed by atoms with Crippen molar-refractivity contribution >= 4 is 11.6 Å². The van der Waals surface area contributed by atoms with E-state index >= 15 is 0 Å². The fourth-order valence-electron chi connectivity index (χ4n) is 5.59. The number of ether oxygens (including phenoxy) is 1. The molecule has 2 saturated heterocycles. The van der Waals surface area contributed by atoms with Gasteiger partial charge in [-0.15, -0.1) is 0 Å². The molecule has 32 heavy (non-hydrogen) atoms. The summed E-state index contributed by atoms with van der Waals surface area (Å²) in [7, 11) is 0. The molecular weight excluding hydrogens is 409 g/mol. The molecule has 1 N–H and O–H groups in total. The third-order valence-electron chi connectivity index (χ3n) is 7.36. The molecule has 2 aliphatic heterocycles. The topological polar surface area (TPSA) is 65.9 Å². The SMILES string of the molecule is O=C1N([C@H]2CC[C@H](O)CC2)CC[C@]12CCCN(c1ccc(Oc3ccccn3)c(F)c1)C2. The van der Waals surface area contributed by atoms with E-state index in [2.05, 4.69) is 14.8 Å². The Hall–Kier alpha value is -2.67. The van der Waals surface area contributed by atoms with Gasteiger partial charge in [-0.25, -0.2) is 9.37 Å². The fourth-order valence-corrected chi connectivity index (χ4v) is 5.59. The molecule has 170 valence electrons. The van der Waals surface area contributed by atoms with Gasteiger partial charge >= 0.3 is 0 Å². The third kappa shape index (κ3) is 4.06. The van der Waals surface area contributed by atoms with Crippen LogP contribution in [0.4, 0.5) is 10.1 Å². The number of hydrogen-bond donors (Lipinski definition) is 1. The second-order valence-corrected chi connectivity index (χ2v) is 9.40. The lowest BCUT2D eigenvalue weighted by atomic mass is 9.78. The summed E-state index contributed by atoms with van der Waals surface area (Å²) in [6.07, 6.45) is 7.36. The molecule has 3 fully saturated rings. The number of pyridine rings is 1. The minimum Gasteiger partial charge on any atom is -0.436 e. The van der Waals surface area contributed by atoms with Crippen molar-refractivity contribution in [3.8, 4) is 11.6 Å². The van der Waals surface area contributed by atoms with E-state index < -0.39 is 5.82 Å². The monoisotopic (exact) mass is 439 g/mol.